The van der Waals surface area contributed by atoms with Gasteiger partial charge in [0.15, 0.2) is 11.0 Å². The Kier molecular flexibility index (Phi) is 9.02. The highest BCUT2D eigenvalue weighted by Crippen LogP contribution is 2.38. The standard InChI is InChI=1S/C25H32N4O3S3/c1-4-12-29-22(16-13-17(5-2)33-14-16)27-28-25(29)34-15-20(30)26-23-21(24(31)32-3)18-10-8-6-7-9-11-19(18)35-23/h13-14H,4-12,15H2,1-3H3,(H,26,30). The van der Waals surface area contributed by atoms with Gasteiger partial charge in [0.2, 0.25) is 5.91 Å². The lowest BCUT2D eigenvalue weighted by Gasteiger charge is -2.11. The highest BCUT2D eigenvalue weighted by molar-refractivity contribution is 7.99. The fraction of sp³-hybridized carbons (Fsp3) is 0.520. The molecule has 0 aromatic carbocycles. The molecule has 188 valence electrons. The molecule has 35 heavy (non-hydrogen) atoms. The van der Waals surface area contributed by atoms with E-state index >= 15 is 0 Å². The van der Waals surface area contributed by atoms with E-state index in [1.165, 1.54) is 52.8 Å². The molecular weight excluding hydrogens is 501 g/mol. The van der Waals surface area contributed by atoms with Gasteiger partial charge in [-0.1, -0.05) is 38.5 Å². The summed E-state index contributed by atoms with van der Waals surface area (Å²) >= 11 is 4.62. The van der Waals surface area contributed by atoms with E-state index in [0.29, 0.717) is 10.6 Å². The Labute approximate surface area is 218 Å². The number of amides is 1. The number of nitrogens with zero attached hydrogens (tertiary/aromatic N) is 3. The number of thiophene rings is 2. The minimum Gasteiger partial charge on any atom is -0.465 e. The van der Waals surface area contributed by atoms with Crippen LogP contribution in [0, 0.1) is 0 Å². The smallest absolute Gasteiger partial charge is 0.341 e. The molecule has 0 fully saturated rings. The highest BCUT2D eigenvalue weighted by atomic mass is 32.2. The summed E-state index contributed by atoms with van der Waals surface area (Å²) in [4.78, 5) is 28.1. The van der Waals surface area contributed by atoms with E-state index < -0.39 is 0 Å². The summed E-state index contributed by atoms with van der Waals surface area (Å²) in [6.07, 6.45) is 8.26. The Morgan fingerprint density at radius 3 is 2.69 bits per heavy atom. The van der Waals surface area contributed by atoms with Crippen LogP contribution in [0.4, 0.5) is 5.00 Å². The second-order valence-corrected chi connectivity index (χ2v) is 11.6. The molecule has 3 aromatic rings. The first-order valence-electron chi connectivity index (χ1n) is 12.2. The summed E-state index contributed by atoms with van der Waals surface area (Å²) in [5.41, 5.74) is 2.66. The number of ether oxygens (including phenoxy) is 1. The van der Waals surface area contributed by atoms with Gasteiger partial charge in [-0.25, -0.2) is 4.79 Å². The van der Waals surface area contributed by atoms with Crippen molar-refractivity contribution in [2.45, 2.75) is 76.9 Å². The Morgan fingerprint density at radius 2 is 1.97 bits per heavy atom. The van der Waals surface area contributed by atoms with Crippen LogP contribution in [0.2, 0.25) is 0 Å². The van der Waals surface area contributed by atoms with Crippen molar-refractivity contribution in [1.82, 2.24) is 14.8 Å². The minimum absolute atomic E-state index is 0.161. The largest absolute Gasteiger partial charge is 0.465 e. The first-order valence-corrected chi connectivity index (χ1v) is 14.9. The van der Waals surface area contributed by atoms with Crippen LogP contribution in [0.5, 0.6) is 0 Å². The number of esters is 1. The number of carbonyl (C=O) groups is 2. The monoisotopic (exact) mass is 532 g/mol. The lowest BCUT2D eigenvalue weighted by atomic mass is 9.96. The quantitative estimate of drug-likeness (QED) is 0.260. The molecule has 0 saturated heterocycles. The molecule has 4 rings (SSSR count). The molecule has 1 N–H and O–H groups in total. The van der Waals surface area contributed by atoms with Gasteiger partial charge in [0.1, 0.15) is 5.00 Å². The maximum absolute atomic E-state index is 13.0. The molecule has 7 nitrogen and oxygen atoms in total. The molecule has 0 saturated carbocycles. The predicted molar refractivity (Wildman–Crippen MR) is 144 cm³/mol. The molecule has 1 amide bonds. The number of methoxy groups -OCH3 is 1. The Balaban J connectivity index is 1.50. The third kappa shape index (κ3) is 5.98. The number of carbonyl (C=O) groups excluding carboxylic acids is 2. The SMILES string of the molecule is CCCn1c(SCC(=O)Nc2sc3c(c2C(=O)OC)CCCCCC3)nnc1-c1csc(CC)c1. The number of nitrogens with one attached hydrogen (secondary N) is 1. The number of aromatic nitrogens is 3. The summed E-state index contributed by atoms with van der Waals surface area (Å²) in [7, 11) is 1.39. The Hall–Kier alpha value is -2.17. The number of rotatable bonds is 9. The second-order valence-electron chi connectivity index (χ2n) is 8.56. The summed E-state index contributed by atoms with van der Waals surface area (Å²) < 4.78 is 7.17. The minimum atomic E-state index is -0.374. The molecule has 1 aliphatic carbocycles. The summed E-state index contributed by atoms with van der Waals surface area (Å²) in [6, 6.07) is 2.17. The molecule has 10 heteroatoms. The van der Waals surface area contributed by atoms with Gasteiger partial charge in [-0.15, -0.1) is 32.9 Å². The van der Waals surface area contributed by atoms with Crippen LogP contribution in [-0.4, -0.2) is 39.5 Å². The van der Waals surface area contributed by atoms with Crippen molar-refractivity contribution >= 4 is 51.3 Å². The molecule has 1 aliphatic rings. The maximum Gasteiger partial charge on any atom is 0.341 e. The van der Waals surface area contributed by atoms with Gasteiger partial charge in [0.05, 0.1) is 18.4 Å². The van der Waals surface area contributed by atoms with E-state index in [-0.39, 0.29) is 17.6 Å². The van der Waals surface area contributed by atoms with Gasteiger partial charge in [0.25, 0.3) is 0 Å². The zero-order chi connectivity index (χ0) is 24.8. The Morgan fingerprint density at radius 1 is 1.17 bits per heavy atom. The van der Waals surface area contributed by atoms with Crippen LogP contribution >= 0.6 is 34.4 Å². The molecule has 0 spiro atoms. The summed E-state index contributed by atoms with van der Waals surface area (Å²) in [5.74, 6) is 0.498. The van der Waals surface area contributed by atoms with Crippen molar-refractivity contribution in [1.29, 1.82) is 0 Å². The van der Waals surface area contributed by atoms with E-state index in [0.717, 1.165) is 67.2 Å². The maximum atomic E-state index is 13.0. The lowest BCUT2D eigenvalue weighted by molar-refractivity contribution is -0.113. The van der Waals surface area contributed by atoms with Gasteiger partial charge >= 0.3 is 5.97 Å². The molecule has 3 aromatic heterocycles. The van der Waals surface area contributed by atoms with E-state index in [1.54, 1.807) is 11.3 Å². The fourth-order valence-corrected chi connectivity index (χ4v) is 7.21. The third-order valence-electron chi connectivity index (χ3n) is 6.07. The normalized spacial score (nSPS) is 13.7. The second kappa shape index (κ2) is 12.2. The number of hydrogen-bond acceptors (Lipinski definition) is 8. The molecule has 0 bridgehead atoms. The van der Waals surface area contributed by atoms with Crippen LogP contribution in [0.25, 0.3) is 11.4 Å². The lowest BCUT2D eigenvalue weighted by Crippen LogP contribution is -2.17. The zero-order valence-electron chi connectivity index (χ0n) is 20.5. The first-order chi connectivity index (χ1) is 17.0. The third-order valence-corrected chi connectivity index (χ3v) is 9.33. The van der Waals surface area contributed by atoms with Gasteiger partial charge in [-0.3, -0.25) is 4.79 Å². The van der Waals surface area contributed by atoms with E-state index in [2.05, 4.69) is 45.4 Å². The van der Waals surface area contributed by atoms with E-state index in [9.17, 15) is 9.59 Å². The van der Waals surface area contributed by atoms with Gasteiger partial charge < -0.3 is 14.6 Å². The molecule has 3 heterocycles. The molecule has 0 radical (unpaired) electrons. The van der Waals surface area contributed by atoms with Crippen LogP contribution in [0.15, 0.2) is 16.6 Å². The molecule has 0 unspecified atom stereocenters. The van der Waals surface area contributed by atoms with Gasteiger partial charge in [-0.2, -0.15) is 0 Å². The predicted octanol–water partition coefficient (Wildman–Crippen LogP) is 6.22. The average molecular weight is 533 g/mol. The fourth-order valence-electron chi connectivity index (χ4n) is 4.34. The van der Waals surface area contributed by atoms with Crippen molar-refractivity contribution in [3.05, 3.63) is 32.3 Å². The summed E-state index contributed by atoms with van der Waals surface area (Å²) in [6.45, 7) is 5.05. The molecular formula is C25H32N4O3S3. The number of hydrogen-bond donors (Lipinski definition) is 1. The van der Waals surface area contributed by atoms with Crippen molar-refractivity contribution in [2.75, 3.05) is 18.2 Å². The number of anilines is 1. The van der Waals surface area contributed by atoms with Gasteiger partial charge in [-0.05, 0) is 50.2 Å². The number of thioether (sulfide) groups is 1. The van der Waals surface area contributed by atoms with E-state index in [1.807, 2.05) is 0 Å². The zero-order valence-corrected chi connectivity index (χ0v) is 23.0. The van der Waals surface area contributed by atoms with Crippen LogP contribution in [-0.2, 0) is 35.3 Å². The van der Waals surface area contributed by atoms with Gasteiger partial charge in [0, 0.05) is 27.2 Å². The topological polar surface area (TPSA) is 86.1 Å². The summed E-state index contributed by atoms with van der Waals surface area (Å²) in [5, 5.41) is 15.3. The molecule has 0 atom stereocenters. The highest BCUT2D eigenvalue weighted by Gasteiger charge is 2.26. The van der Waals surface area contributed by atoms with Crippen LogP contribution in [0.1, 0.15) is 71.6 Å². The average Bonchev–Trinajstić information content (AvgIpc) is 3.55. The number of fused-ring (bicyclic) bond motifs is 1. The van der Waals surface area contributed by atoms with Crippen molar-refractivity contribution in [3.8, 4) is 11.4 Å². The van der Waals surface area contributed by atoms with Crippen LogP contribution < -0.4 is 5.32 Å². The Bertz CT molecular complexity index is 1180. The molecule has 0 aliphatic heterocycles. The van der Waals surface area contributed by atoms with Crippen LogP contribution in [0.3, 0.4) is 0 Å². The number of aryl methyl sites for hydroxylation is 2. The van der Waals surface area contributed by atoms with Crippen molar-refractivity contribution < 1.29 is 14.3 Å². The van der Waals surface area contributed by atoms with Crippen molar-refractivity contribution in [2.24, 2.45) is 0 Å². The van der Waals surface area contributed by atoms with Crippen molar-refractivity contribution in [3.63, 3.8) is 0 Å². The first kappa shape index (κ1) is 25.9. The van der Waals surface area contributed by atoms with E-state index in [4.69, 9.17) is 4.74 Å².